The molecule has 1 aliphatic rings. The van der Waals surface area contributed by atoms with Crippen LogP contribution in [0.1, 0.15) is 36.8 Å². The standard InChI is InChI=1S/C30H27BrN2O6S/c1-5-37-24-11-8-18(14-25(24)38-6-2)27-21(29(35)36-4)16-32-30-33(27)28(34)26(40-30)15-19-9-12-23(39-19)20-10-7-17(3)13-22(20)31/h7-16,27H,5-6H2,1-4H3/b26-15+/t27-/m1/s1. The Balaban J connectivity index is 1.61. The molecule has 4 aromatic rings. The summed E-state index contributed by atoms with van der Waals surface area (Å²) in [7, 11) is 1.30. The molecule has 40 heavy (non-hydrogen) atoms. The molecule has 0 radical (unpaired) electrons. The van der Waals surface area contributed by atoms with Crippen molar-refractivity contribution in [2.45, 2.75) is 26.8 Å². The Morgan fingerprint density at radius 2 is 1.88 bits per heavy atom. The zero-order valence-electron chi connectivity index (χ0n) is 22.4. The van der Waals surface area contributed by atoms with Crippen LogP contribution in [0.4, 0.5) is 0 Å². The Morgan fingerprint density at radius 1 is 1.10 bits per heavy atom. The van der Waals surface area contributed by atoms with E-state index in [1.54, 1.807) is 18.2 Å². The first kappa shape index (κ1) is 27.7. The number of rotatable bonds is 8. The summed E-state index contributed by atoms with van der Waals surface area (Å²) in [5, 5.41) is 0. The highest BCUT2D eigenvalue weighted by Crippen LogP contribution is 2.35. The lowest BCUT2D eigenvalue weighted by atomic mass is 9.97. The summed E-state index contributed by atoms with van der Waals surface area (Å²) in [6.45, 7) is 6.68. The van der Waals surface area contributed by atoms with Gasteiger partial charge >= 0.3 is 5.97 Å². The Hall–Kier alpha value is -3.89. The monoisotopic (exact) mass is 622 g/mol. The smallest absolute Gasteiger partial charge is 0.337 e. The number of halogens is 1. The van der Waals surface area contributed by atoms with Gasteiger partial charge in [-0.05, 0) is 68.3 Å². The van der Waals surface area contributed by atoms with Crippen LogP contribution in [-0.4, -0.2) is 30.9 Å². The van der Waals surface area contributed by atoms with Gasteiger partial charge in [0, 0.05) is 22.3 Å². The van der Waals surface area contributed by atoms with Crippen LogP contribution in [0.2, 0.25) is 0 Å². The van der Waals surface area contributed by atoms with E-state index in [0.29, 0.717) is 51.1 Å². The van der Waals surface area contributed by atoms with E-state index in [1.165, 1.54) is 29.2 Å². The lowest BCUT2D eigenvalue weighted by Crippen LogP contribution is -2.39. The lowest BCUT2D eigenvalue weighted by molar-refractivity contribution is -0.136. The average Bonchev–Trinajstić information content (AvgIpc) is 3.53. The van der Waals surface area contributed by atoms with Gasteiger partial charge in [0.2, 0.25) is 0 Å². The number of benzene rings is 2. The molecule has 1 aliphatic heterocycles. The predicted molar refractivity (Wildman–Crippen MR) is 157 cm³/mol. The van der Waals surface area contributed by atoms with Gasteiger partial charge in [0.05, 0.1) is 36.5 Å². The first-order valence-corrected chi connectivity index (χ1v) is 14.3. The fraction of sp³-hybridized carbons (Fsp3) is 0.233. The minimum Gasteiger partial charge on any atom is -0.490 e. The van der Waals surface area contributed by atoms with Crippen molar-refractivity contribution in [3.05, 3.63) is 101 Å². The van der Waals surface area contributed by atoms with Gasteiger partial charge in [0.1, 0.15) is 11.5 Å². The summed E-state index contributed by atoms with van der Waals surface area (Å²) in [5.74, 6) is 1.73. The number of fused-ring (bicyclic) bond motifs is 1. The van der Waals surface area contributed by atoms with Crippen molar-refractivity contribution in [2.75, 3.05) is 20.3 Å². The molecule has 2 aromatic carbocycles. The van der Waals surface area contributed by atoms with Crippen molar-refractivity contribution in [2.24, 2.45) is 4.99 Å². The number of furan rings is 1. The van der Waals surface area contributed by atoms with Crippen LogP contribution in [0.3, 0.4) is 0 Å². The highest BCUT2D eigenvalue weighted by atomic mass is 79.9. The first-order valence-electron chi connectivity index (χ1n) is 12.7. The van der Waals surface area contributed by atoms with Crippen molar-refractivity contribution >= 4 is 39.3 Å². The molecule has 0 unspecified atom stereocenters. The molecule has 1 atom stereocenters. The van der Waals surface area contributed by atoms with E-state index in [-0.39, 0.29) is 11.1 Å². The number of ether oxygens (including phenoxy) is 3. The second-order valence-corrected chi connectivity index (χ2v) is 10.8. The van der Waals surface area contributed by atoms with Gasteiger partial charge in [-0.2, -0.15) is 0 Å². The number of carbonyl (C=O) groups excluding carboxylic acids is 1. The quantitative estimate of drug-likeness (QED) is 0.253. The van der Waals surface area contributed by atoms with Gasteiger partial charge in [0.25, 0.3) is 5.56 Å². The number of carbonyl (C=O) groups is 1. The van der Waals surface area contributed by atoms with Crippen molar-refractivity contribution < 1.29 is 23.4 Å². The van der Waals surface area contributed by atoms with E-state index in [0.717, 1.165) is 15.6 Å². The van der Waals surface area contributed by atoms with Gasteiger partial charge in [0.15, 0.2) is 16.3 Å². The maximum Gasteiger partial charge on any atom is 0.337 e. The normalized spacial score (nSPS) is 14.8. The second-order valence-electron chi connectivity index (χ2n) is 8.93. The van der Waals surface area contributed by atoms with E-state index in [4.69, 9.17) is 18.6 Å². The molecule has 0 spiro atoms. The molecule has 0 fully saturated rings. The molecule has 8 nitrogen and oxygen atoms in total. The zero-order valence-corrected chi connectivity index (χ0v) is 24.8. The third-order valence-electron chi connectivity index (χ3n) is 6.30. The van der Waals surface area contributed by atoms with Gasteiger partial charge in [-0.3, -0.25) is 9.36 Å². The number of aromatic nitrogens is 1. The molecular formula is C30H27BrN2O6S. The lowest BCUT2D eigenvalue weighted by Gasteiger charge is -2.23. The fourth-order valence-corrected chi connectivity index (χ4v) is 6.15. The molecule has 0 saturated carbocycles. The summed E-state index contributed by atoms with van der Waals surface area (Å²) in [5.41, 5.74) is 2.64. The number of esters is 1. The van der Waals surface area contributed by atoms with E-state index < -0.39 is 12.0 Å². The summed E-state index contributed by atoms with van der Waals surface area (Å²) in [4.78, 5) is 31.5. The van der Waals surface area contributed by atoms with Crippen molar-refractivity contribution in [1.29, 1.82) is 0 Å². The molecule has 3 heterocycles. The Morgan fingerprint density at radius 3 is 2.60 bits per heavy atom. The van der Waals surface area contributed by atoms with Crippen molar-refractivity contribution in [1.82, 2.24) is 4.57 Å². The second kappa shape index (κ2) is 11.7. The number of thiazole rings is 1. The Labute approximate surface area is 243 Å². The van der Waals surface area contributed by atoms with Gasteiger partial charge in [-0.1, -0.05) is 39.4 Å². The summed E-state index contributed by atoms with van der Waals surface area (Å²) < 4.78 is 25.5. The third kappa shape index (κ3) is 5.29. The molecule has 0 amide bonds. The van der Waals surface area contributed by atoms with Crippen LogP contribution in [0, 0.1) is 6.92 Å². The number of nitrogens with zero attached hydrogens (tertiary/aromatic N) is 2. The van der Waals surface area contributed by atoms with Gasteiger partial charge in [-0.15, -0.1) is 0 Å². The molecule has 10 heteroatoms. The predicted octanol–water partition coefficient (Wildman–Crippen LogP) is 5.15. The summed E-state index contributed by atoms with van der Waals surface area (Å²) >= 11 is 4.81. The largest absolute Gasteiger partial charge is 0.490 e. The molecule has 0 saturated heterocycles. The van der Waals surface area contributed by atoms with Gasteiger partial charge in [-0.25, -0.2) is 9.79 Å². The van der Waals surface area contributed by atoms with E-state index >= 15 is 0 Å². The van der Waals surface area contributed by atoms with Gasteiger partial charge < -0.3 is 18.6 Å². The van der Waals surface area contributed by atoms with Crippen LogP contribution >= 0.6 is 27.3 Å². The SMILES string of the molecule is CCOc1ccc([C@@H]2C(C(=O)OC)=CN=c3s/c(=C/c4ccc(-c5ccc(C)cc5Br)o4)c(=O)n32)cc1OCC. The van der Waals surface area contributed by atoms with E-state index in [1.807, 2.05) is 57.2 Å². The van der Waals surface area contributed by atoms with Crippen LogP contribution in [-0.2, 0) is 9.53 Å². The highest BCUT2D eigenvalue weighted by Gasteiger charge is 2.31. The molecule has 5 rings (SSSR count). The minimum atomic E-state index is -0.767. The number of hydrogen-bond acceptors (Lipinski definition) is 8. The molecule has 0 bridgehead atoms. The third-order valence-corrected chi connectivity index (χ3v) is 7.95. The number of methoxy groups -OCH3 is 1. The Kier molecular flexibility index (Phi) is 8.09. The molecule has 2 aromatic heterocycles. The molecule has 0 N–H and O–H groups in total. The molecule has 206 valence electrons. The van der Waals surface area contributed by atoms with E-state index in [2.05, 4.69) is 20.9 Å². The summed E-state index contributed by atoms with van der Waals surface area (Å²) in [6.07, 6.45) is 3.15. The highest BCUT2D eigenvalue weighted by molar-refractivity contribution is 9.10. The molecule has 0 aliphatic carbocycles. The van der Waals surface area contributed by atoms with Crippen molar-refractivity contribution in [3.63, 3.8) is 0 Å². The number of hydrogen-bond donors (Lipinski definition) is 0. The number of aryl methyl sites for hydroxylation is 1. The van der Waals surface area contributed by atoms with Crippen molar-refractivity contribution in [3.8, 4) is 22.8 Å². The van der Waals surface area contributed by atoms with Crippen LogP contribution in [0.5, 0.6) is 11.5 Å². The maximum absolute atomic E-state index is 13.8. The van der Waals surface area contributed by atoms with Crippen LogP contribution < -0.4 is 24.4 Å². The zero-order chi connectivity index (χ0) is 28.4. The average molecular weight is 624 g/mol. The molecular weight excluding hydrogens is 596 g/mol. The van der Waals surface area contributed by atoms with Crippen LogP contribution in [0.15, 0.2) is 79.0 Å². The summed E-state index contributed by atoms with van der Waals surface area (Å²) in [6, 6.07) is 14.3. The Bertz CT molecular complexity index is 1800. The fourth-order valence-electron chi connectivity index (χ4n) is 4.51. The maximum atomic E-state index is 13.8. The topological polar surface area (TPSA) is 92.3 Å². The first-order chi connectivity index (χ1) is 19.3. The minimum absolute atomic E-state index is 0.234. The van der Waals surface area contributed by atoms with E-state index in [9.17, 15) is 9.59 Å². The van der Waals surface area contributed by atoms with Crippen LogP contribution in [0.25, 0.3) is 17.4 Å².